The number of nitrogens with zero attached hydrogens (tertiary/aromatic N) is 3. The number of carbonyl (C=O) groups excluding carboxylic acids is 1. The molecule has 2 rings (SSSR count). The van der Waals surface area contributed by atoms with Gasteiger partial charge in [-0.1, -0.05) is 6.92 Å². The SMILES string of the molecule is CCC(O)CNC(=O)c1ccc(-n2ccnc2)nc1. The summed E-state index contributed by atoms with van der Waals surface area (Å²) in [6.45, 7) is 2.11. The van der Waals surface area contributed by atoms with Gasteiger partial charge in [0.1, 0.15) is 12.1 Å². The third-order valence-corrected chi connectivity index (χ3v) is 2.75. The molecule has 19 heavy (non-hydrogen) atoms. The van der Waals surface area contributed by atoms with Gasteiger partial charge in [0.15, 0.2) is 0 Å². The first-order chi connectivity index (χ1) is 9.20. The van der Waals surface area contributed by atoms with E-state index in [2.05, 4.69) is 15.3 Å². The van der Waals surface area contributed by atoms with Crippen LogP contribution in [0.1, 0.15) is 23.7 Å². The van der Waals surface area contributed by atoms with E-state index in [-0.39, 0.29) is 12.5 Å². The third-order valence-electron chi connectivity index (χ3n) is 2.75. The second-order valence-corrected chi connectivity index (χ2v) is 4.15. The van der Waals surface area contributed by atoms with E-state index in [4.69, 9.17) is 0 Å². The Hall–Kier alpha value is -2.21. The number of pyridine rings is 1. The molecule has 6 nitrogen and oxygen atoms in total. The van der Waals surface area contributed by atoms with Crippen LogP contribution in [0.15, 0.2) is 37.1 Å². The summed E-state index contributed by atoms with van der Waals surface area (Å²) in [5.41, 5.74) is 0.465. The Morgan fingerprint density at radius 1 is 1.53 bits per heavy atom. The maximum absolute atomic E-state index is 11.8. The van der Waals surface area contributed by atoms with E-state index in [9.17, 15) is 9.90 Å². The maximum Gasteiger partial charge on any atom is 0.252 e. The molecule has 2 heterocycles. The van der Waals surface area contributed by atoms with E-state index in [1.54, 1.807) is 35.4 Å². The van der Waals surface area contributed by atoms with Crippen molar-refractivity contribution in [2.24, 2.45) is 0 Å². The van der Waals surface area contributed by atoms with Crippen molar-refractivity contribution in [3.63, 3.8) is 0 Å². The van der Waals surface area contributed by atoms with Crippen molar-refractivity contribution in [2.45, 2.75) is 19.4 Å². The summed E-state index contributed by atoms with van der Waals surface area (Å²) in [5.74, 6) is 0.458. The van der Waals surface area contributed by atoms with Gasteiger partial charge < -0.3 is 10.4 Å². The molecule has 0 aliphatic rings. The van der Waals surface area contributed by atoms with E-state index in [1.165, 1.54) is 6.20 Å². The average molecular weight is 260 g/mol. The molecule has 0 aliphatic carbocycles. The van der Waals surface area contributed by atoms with Crippen LogP contribution in [-0.2, 0) is 0 Å². The average Bonchev–Trinajstić information content (AvgIpc) is 2.98. The van der Waals surface area contributed by atoms with Crippen LogP contribution >= 0.6 is 0 Å². The molecule has 100 valence electrons. The summed E-state index contributed by atoms with van der Waals surface area (Å²) in [6, 6.07) is 3.43. The molecular weight excluding hydrogens is 244 g/mol. The minimum Gasteiger partial charge on any atom is -0.391 e. The zero-order valence-corrected chi connectivity index (χ0v) is 10.7. The topological polar surface area (TPSA) is 80.0 Å². The fraction of sp³-hybridized carbons (Fsp3) is 0.308. The highest BCUT2D eigenvalue weighted by Crippen LogP contribution is 2.05. The molecule has 2 N–H and O–H groups in total. The molecule has 0 radical (unpaired) electrons. The summed E-state index contributed by atoms with van der Waals surface area (Å²) < 4.78 is 1.75. The Morgan fingerprint density at radius 3 is 2.95 bits per heavy atom. The molecule has 6 heteroatoms. The number of amides is 1. The van der Waals surface area contributed by atoms with Crippen molar-refractivity contribution < 1.29 is 9.90 Å². The Bertz CT molecular complexity index is 522. The molecule has 0 aliphatic heterocycles. The predicted octanol–water partition coefficient (Wildman–Crippen LogP) is 0.768. The summed E-state index contributed by atoms with van der Waals surface area (Å²) >= 11 is 0. The van der Waals surface area contributed by atoms with E-state index in [1.807, 2.05) is 6.92 Å². The smallest absolute Gasteiger partial charge is 0.252 e. The first kappa shape index (κ1) is 13.2. The summed E-state index contributed by atoms with van der Waals surface area (Å²) in [5, 5.41) is 12.0. The van der Waals surface area contributed by atoms with Crippen molar-refractivity contribution in [1.29, 1.82) is 0 Å². The highest BCUT2D eigenvalue weighted by Gasteiger charge is 2.08. The molecular formula is C13H16N4O2. The number of rotatable bonds is 5. The fourth-order valence-corrected chi connectivity index (χ4v) is 1.52. The molecule has 0 spiro atoms. The van der Waals surface area contributed by atoms with E-state index >= 15 is 0 Å². The lowest BCUT2D eigenvalue weighted by molar-refractivity contribution is 0.0913. The van der Waals surface area contributed by atoms with Crippen molar-refractivity contribution >= 4 is 5.91 Å². The molecule has 0 saturated carbocycles. The van der Waals surface area contributed by atoms with Gasteiger partial charge in [0.2, 0.25) is 0 Å². The summed E-state index contributed by atoms with van der Waals surface area (Å²) in [7, 11) is 0. The van der Waals surface area contributed by atoms with Crippen molar-refractivity contribution in [3.8, 4) is 5.82 Å². The van der Waals surface area contributed by atoms with Crippen LogP contribution in [0.4, 0.5) is 0 Å². The predicted molar refractivity (Wildman–Crippen MR) is 70.0 cm³/mol. The maximum atomic E-state index is 11.8. The number of aliphatic hydroxyl groups is 1. The fourth-order valence-electron chi connectivity index (χ4n) is 1.52. The minimum atomic E-state index is -0.512. The Morgan fingerprint density at radius 2 is 2.37 bits per heavy atom. The Kier molecular flexibility index (Phi) is 4.25. The number of aliphatic hydroxyl groups excluding tert-OH is 1. The molecule has 1 unspecified atom stereocenters. The second-order valence-electron chi connectivity index (χ2n) is 4.15. The van der Waals surface area contributed by atoms with E-state index in [0.717, 1.165) is 0 Å². The van der Waals surface area contributed by atoms with Gasteiger partial charge in [0, 0.05) is 25.1 Å². The number of nitrogens with one attached hydrogen (secondary N) is 1. The molecule has 0 aromatic carbocycles. The van der Waals surface area contributed by atoms with Crippen LogP contribution in [0.3, 0.4) is 0 Å². The molecule has 2 aromatic rings. The number of carbonyl (C=O) groups is 1. The van der Waals surface area contributed by atoms with Crippen molar-refractivity contribution in [3.05, 3.63) is 42.6 Å². The lowest BCUT2D eigenvalue weighted by Gasteiger charge is -2.09. The van der Waals surface area contributed by atoms with Gasteiger partial charge in [-0.15, -0.1) is 0 Å². The first-order valence-electron chi connectivity index (χ1n) is 6.11. The zero-order chi connectivity index (χ0) is 13.7. The summed E-state index contributed by atoms with van der Waals surface area (Å²) in [6.07, 6.45) is 6.68. The van der Waals surface area contributed by atoms with Crippen molar-refractivity contribution in [2.75, 3.05) is 6.54 Å². The van der Waals surface area contributed by atoms with Gasteiger partial charge >= 0.3 is 0 Å². The highest BCUT2D eigenvalue weighted by molar-refractivity contribution is 5.93. The number of aromatic nitrogens is 3. The van der Waals surface area contributed by atoms with Crippen LogP contribution in [0.2, 0.25) is 0 Å². The Balaban J connectivity index is 2.00. The monoisotopic (exact) mass is 260 g/mol. The van der Waals surface area contributed by atoms with Crippen LogP contribution in [0.5, 0.6) is 0 Å². The zero-order valence-electron chi connectivity index (χ0n) is 10.7. The number of hydrogen-bond acceptors (Lipinski definition) is 4. The quantitative estimate of drug-likeness (QED) is 0.832. The molecule has 0 saturated heterocycles. The third kappa shape index (κ3) is 3.38. The Labute approximate surface area is 111 Å². The number of imidazole rings is 1. The van der Waals surface area contributed by atoms with Gasteiger partial charge in [-0.25, -0.2) is 9.97 Å². The van der Waals surface area contributed by atoms with Gasteiger partial charge in [-0.3, -0.25) is 9.36 Å². The van der Waals surface area contributed by atoms with Crippen LogP contribution in [0.25, 0.3) is 5.82 Å². The van der Waals surface area contributed by atoms with Crippen LogP contribution in [0, 0.1) is 0 Å². The van der Waals surface area contributed by atoms with Gasteiger partial charge in [-0.05, 0) is 18.6 Å². The molecule has 0 bridgehead atoms. The standard InChI is InChI=1S/C13H16N4O2/c1-2-11(18)8-16-13(19)10-3-4-12(15-7-10)17-6-5-14-9-17/h3-7,9,11,18H,2,8H2,1H3,(H,16,19). The lowest BCUT2D eigenvalue weighted by Crippen LogP contribution is -2.31. The van der Waals surface area contributed by atoms with Crippen LogP contribution < -0.4 is 5.32 Å². The lowest BCUT2D eigenvalue weighted by atomic mass is 10.2. The van der Waals surface area contributed by atoms with Gasteiger partial charge in [-0.2, -0.15) is 0 Å². The second kappa shape index (κ2) is 6.10. The molecule has 1 atom stereocenters. The molecule has 1 amide bonds. The summed E-state index contributed by atoms with van der Waals surface area (Å²) in [4.78, 5) is 19.9. The normalized spacial score (nSPS) is 12.1. The van der Waals surface area contributed by atoms with Gasteiger partial charge in [0.25, 0.3) is 5.91 Å². The van der Waals surface area contributed by atoms with Gasteiger partial charge in [0.05, 0.1) is 11.7 Å². The molecule has 2 aromatic heterocycles. The van der Waals surface area contributed by atoms with E-state index in [0.29, 0.717) is 17.8 Å². The largest absolute Gasteiger partial charge is 0.391 e. The van der Waals surface area contributed by atoms with E-state index < -0.39 is 6.10 Å². The molecule has 0 fully saturated rings. The first-order valence-corrected chi connectivity index (χ1v) is 6.11. The highest BCUT2D eigenvalue weighted by atomic mass is 16.3. The number of hydrogen-bond donors (Lipinski definition) is 2. The minimum absolute atomic E-state index is 0.239. The van der Waals surface area contributed by atoms with Crippen LogP contribution in [-0.4, -0.2) is 38.2 Å². The van der Waals surface area contributed by atoms with Crippen molar-refractivity contribution in [1.82, 2.24) is 19.9 Å².